The van der Waals surface area contributed by atoms with Crippen LogP contribution in [0.3, 0.4) is 0 Å². The third-order valence-electron chi connectivity index (χ3n) is 3.20. The van der Waals surface area contributed by atoms with Crippen LogP contribution in [0.5, 0.6) is 0 Å². The summed E-state index contributed by atoms with van der Waals surface area (Å²) in [5.74, 6) is 0. The Labute approximate surface area is 97.1 Å². The van der Waals surface area contributed by atoms with Crippen molar-refractivity contribution in [3.8, 4) is 0 Å². The third kappa shape index (κ3) is 2.97. The van der Waals surface area contributed by atoms with Crippen molar-refractivity contribution in [1.82, 2.24) is 4.90 Å². The van der Waals surface area contributed by atoms with Gasteiger partial charge in [-0.2, -0.15) is 0 Å². The number of benzene rings is 1. The molecule has 1 fully saturated rings. The summed E-state index contributed by atoms with van der Waals surface area (Å²) in [5, 5.41) is 12.6. The SMILES string of the molecule is CN1CCC(Nc2cccc(CO)c2)CC1. The van der Waals surface area contributed by atoms with Crippen molar-refractivity contribution in [1.29, 1.82) is 0 Å². The molecule has 0 bridgehead atoms. The van der Waals surface area contributed by atoms with Crippen LogP contribution in [0.15, 0.2) is 24.3 Å². The zero-order chi connectivity index (χ0) is 11.4. The van der Waals surface area contributed by atoms with Crippen LogP contribution in [0.25, 0.3) is 0 Å². The predicted octanol–water partition coefficient (Wildman–Crippen LogP) is 1.69. The number of hydrogen-bond donors (Lipinski definition) is 2. The lowest BCUT2D eigenvalue weighted by molar-refractivity contribution is 0.264. The Morgan fingerprint density at radius 3 is 2.81 bits per heavy atom. The van der Waals surface area contributed by atoms with Crippen LogP contribution in [0, 0.1) is 0 Å². The van der Waals surface area contributed by atoms with E-state index in [2.05, 4.69) is 23.3 Å². The first-order chi connectivity index (χ1) is 7.78. The molecule has 0 unspecified atom stereocenters. The summed E-state index contributed by atoms with van der Waals surface area (Å²) < 4.78 is 0. The van der Waals surface area contributed by atoms with Crippen LogP contribution in [0.4, 0.5) is 5.69 Å². The van der Waals surface area contributed by atoms with Crippen LogP contribution in [-0.4, -0.2) is 36.2 Å². The van der Waals surface area contributed by atoms with E-state index in [0.717, 1.165) is 24.3 Å². The van der Waals surface area contributed by atoms with E-state index in [1.807, 2.05) is 18.2 Å². The average Bonchev–Trinajstić information content (AvgIpc) is 2.32. The topological polar surface area (TPSA) is 35.5 Å². The van der Waals surface area contributed by atoms with E-state index in [4.69, 9.17) is 5.11 Å². The van der Waals surface area contributed by atoms with Crippen molar-refractivity contribution < 1.29 is 5.11 Å². The summed E-state index contributed by atoms with van der Waals surface area (Å²) in [6, 6.07) is 8.60. The molecule has 0 amide bonds. The molecule has 0 atom stereocenters. The highest BCUT2D eigenvalue weighted by atomic mass is 16.3. The van der Waals surface area contributed by atoms with Gasteiger partial charge in [0.15, 0.2) is 0 Å². The molecule has 1 aromatic carbocycles. The number of rotatable bonds is 3. The summed E-state index contributed by atoms with van der Waals surface area (Å²) in [6.07, 6.45) is 2.39. The Balaban J connectivity index is 1.93. The zero-order valence-corrected chi connectivity index (χ0v) is 9.82. The maximum atomic E-state index is 9.07. The monoisotopic (exact) mass is 220 g/mol. The number of anilines is 1. The highest BCUT2D eigenvalue weighted by Gasteiger charge is 2.15. The Kier molecular flexibility index (Phi) is 3.80. The first-order valence-electron chi connectivity index (χ1n) is 5.93. The first-order valence-corrected chi connectivity index (χ1v) is 5.93. The van der Waals surface area contributed by atoms with Gasteiger partial charge in [-0.15, -0.1) is 0 Å². The van der Waals surface area contributed by atoms with E-state index in [1.165, 1.54) is 12.8 Å². The van der Waals surface area contributed by atoms with Crippen LogP contribution in [0.2, 0.25) is 0 Å². The van der Waals surface area contributed by atoms with Gasteiger partial charge in [-0.3, -0.25) is 0 Å². The Morgan fingerprint density at radius 1 is 1.38 bits per heavy atom. The summed E-state index contributed by atoms with van der Waals surface area (Å²) in [7, 11) is 2.17. The minimum atomic E-state index is 0.114. The highest BCUT2D eigenvalue weighted by Crippen LogP contribution is 2.17. The maximum absolute atomic E-state index is 9.07. The molecular formula is C13H20N2O. The number of piperidine rings is 1. The Hall–Kier alpha value is -1.06. The van der Waals surface area contributed by atoms with Gasteiger partial charge in [-0.05, 0) is 50.7 Å². The molecule has 2 rings (SSSR count). The molecule has 0 aromatic heterocycles. The summed E-state index contributed by atoms with van der Waals surface area (Å²) in [5.41, 5.74) is 2.10. The molecule has 3 nitrogen and oxygen atoms in total. The molecule has 1 aromatic rings. The third-order valence-corrected chi connectivity index (χ3v) is 3.20. The number of aliphatic hydroxyl groups excluding tert-OH is 1. The lowest BCUT2D eigenvalue weighted by atomic mass is 10.0. The molecule has 1 aliphatic heterocycles. The lowest BCUT2D eigenvalue weighted by Crippen LogP contribution is -2.36. The normalized spacial score (nSPS) is 18.6. The Bertz CT molecular complexity index is 332. The van der Waals surface area contributed by atoms with Crippen molar-refractivity contribution in [2.45, 2.75) is 25.5 Å². The van der Waals surface area contributed by atoms with Gasteiger partial charge in [0.25, 0.3) is 0 Å². The zero-order valence-electron chi connectivity index (χ0n) is 9.82. The minimum Gasteiger partial charge on any atom is -0.392 e. The fourth-order valence-corrected chi connectivity index (χ4v) is 2.15. The number of hydrogen-bond acceptors (Lipinski definition) is 3. The molecular weight excluding hydrogens is 200 g/mol. The molecule has 1 aliphatic rings. The highest BCUT2D eigenvalue weighted by molar-refractivity contribution is 5.46. The van der Waals surface area contributed by atoms with Crippen molar-refractivity contribution in [2.75, 3.05) is 25.5 Å². The first kappa shape index (κ1) is 11.4. The van der Waals surface area contributed by atoms with Crippen LogP contribution in [-0.2, 0) is 6.61 Å². The molecule has 16 heavy (non-hydrogen) atoms. The molecule has 1 saturated heterocycles. The van der Waals surface area contributed by atoms with Crippen LogP contribution in [0.1, 0.15) is 18.4 Å². The Morgan fingerprint density at radius 2 is 2.12 bits per heavy atom. The largest absolute Gasteiger partial charge is 0.392 e. The fraction of sp³-hybridized carbons (Fsp3) is 0.538. The summed E-state index contributed by atoms with van der Waals surface area (Å²) in [4.78, 5) is 2.36. The van der Waals surface area contributed by atoms with Gasteiger partial charge in [0.2, 0.25) is 0 Å². The fourth-order valence-electron chi connectivity index (χ4n) is 2.15. The van der Waals surface area contributed by atoms with E-state index in [1.54, 1.807) is 0 Å². The second-order valence-corrected chi connectivity index (χ2v) is 4.58. The van der Waals surface area contributed by atoms with Gasteiger partial charge in [0.05, 0.1) is 6.61 Å². The predicted molar refractivity (Wildman–Crippen MR) is 66.5 cm³/mol. The van der Waals surface area contributed by atoms with Gasteiger partial charge in [0, 0.05) is 11.7 Å². The molecule has 88 valence electrons. The number of nitrogens with zero attached hydrogens (tertiary/aromatic N) is 1. The second-order valence-electron chi connectivity index (χ2n) is 4.58. The van der Waals surface area contributed by atoms with E-state index in [0.29, 0.717) is 6.04 Å². The molecule has 0 saturated carbocycles. The quantitative estimate of drug-likeness (QED) is 0.813. The molecule has 2 N–H and O–H groups in total. The van der Waals surface area contributed by atoms with Crippen molar-refractivity contribution in [3.05, 3.63) is 29.8 Å². The van der Waals surface area contributed by atoms with E-state index in [9.17, 15) is 0 Å². The van der Waals surface area contributed by atoms with Gasteiger partial charge >= 0.3 is 0 Å². The number of aliphatic hydroxyl groups is 1. The average molecular weight is 220 g/mol. The molecule has 0 spiro atoms. The molecule has 1 heterocycles. The molecule has 0 radical (unpaired) electrons. The van der Waals surface area contributed by atoms with Crippen LogP contribution >= 0.6 is 0 Å². The van der Waals surface area contributed by atoms with Gasteiger partial charge < -0.3 is 15.3 Å². The van der Waals surface area contributed by atoms with Gasteiger partial charge in [-0.1, -0.05) is 12.1 Å². The minimum absolute atomic E-state index is 0.114. The van der Waals surface area contributed by atoms with E-state index in [-0.39, 0.29) is 6.61 Å². The smallest absolute Gasteiger partial charge is 0.0682 e. The lowest BCUT2D eigenvalue weighted by Gasteiger charge is -2.30. The molecule has 3 heteroatoms. The van der Waals surface area contributed by atoms with Gasteiger partial charge in [0.1, 0.15) is 0 Å². The number of likely N-dealkylation sites (tertiary alicyclic amines) is 1. The molecule has 0 aliphatic carbocycles. The van der Waals surface area contributed by atoms with Crippen molar-refractivity contribution >= 4 is 5.69 Å². The van der Waals surface area contributed by atoms with Crippen molar-refractivity contribution in [3.63, 3.8) is 0 Å². The summed E-state index contributed by atoms with van der Waals surface area (Å²) >= 11 is 0. The van der Waals surface area contributed by atoms with E-state index < -0.39 is 0 Å². The standard InChI is InChI=1S/C13H20N2O/c1-15-7-5-12(6-8-15)14-13-4-2-3-11(9-13)10-16/h2-4,9,12,14,16H,5-8,10H2,1H3. The van der Waals surface area contributed by atoms with Crippen LogP contribution < -0.4 is 5.32 Å². The van der Waals surface area contributed by atoms with Gasteiger partial charge in [-0.25, -0.2) is 0 Å². The summed E-state index contributed by atoms with van der Waals surface area (Å²) in [6.45, 7) is 2.44. The second kappa shape index (κ2) is 5.32. The van der Waals surface area contributed by atoms with E-state index >= 15 is 0 Å². The maximum Gasteiger partial charge on any atom is 0.0682 e. The number of nitrogens with one attached hydrogen (secondary N) is 1. The van der Waals surface area contributed by atoms with Crippen molar-refractivity contribution in [2.24, 2.45) is 0 Å².